The summed E-state index contributed by atoms with van der Waals surface area (Å²) in [4.78, 5) is 7.84. The summed E-state index contributed by atoms with van der Waals surface area (Å²) in [5, 5.41) is 3.26. The summed E-state index contributed by atoms with van der Waals surface area (Å²) in [6, 6.07) is 2.13. The van der Waals surface area contributed by atoms with Crippen LogP contribution in [-0.2, 0) is 0 Å². The maximum absolute atomic E-state index is 5.00. The topological polar surface area (TPSA) is 51.0 Å². The van der Waals surface area contributed by atoms with E-state index in [0.717, 1.165) is 11.3 Å². The van der Waals surface area contributed by atoms with Crippen LogP contribution in [0.3, 0.4) is 0 Å². The van der Waals surface area contributed by atoms with E-state index in [2.05, 4.69) is 22.2 Å². The number of hydrogen-bond acceptors (Lipinski definition) is 4. The Morgan fingerprint density at radius 3 is 2.79 bits per heavy atom. The maximum atomic E-state index is 5.00. The molecule has 0 spiro atoms. The van der Waals surface area contributed by atoms with E-state index in [1.54, 1.807) is 24.9 Å². The molecule has 1 atom stereocenters. The van der Waals surface area contributed by atoms with Gasteiger partial charge in [0.15, 0.2) is 0 Å². The molecule has 0 aliphatic carbocycles. The zero-order valence-corrected chi connectivity index (χ0v) is 7.84. The van der Waals surface area contributed by atoms with Crippen molar-refractivity contribution < 1.29 is 4.42 Å². The summed E-state index contributed by atoms with van der Waals surface area (Å²) >= 11 is 0. The van der Waals surface area contributed by atoms with E-state index in [0.29, 0.717) is 0 Å². The van der Waals surface area contributed by atoms with Crippen LogP contribution in [0, 0.1) is 0 Å². The molecule has 0 aliphatic heterocycles. The van der Waals surface area contributed by atoms with Crippen molar-refractivity contribution in [3.63, 3.8) is 0 Å². The summed E-state index contributed by atoms with van der Waals surface area (Å²) in [5.41, 5.74) is 2.01. The fraction of sp³-hybridized carbons (Fsp3) is 0.200. The Bertz CT molecular complexity index is 372. The Labute approximate surface area is 82.0 Å². The van der Waals surface area contributed by atoms with Gasteiger partial charge in [-0.15, -0.1) is 0 Å². The number of nitrogens with one attached hydrogen (secondary N) is 1. The summed E-state index contributed by atoms with van der Waals surface area (Å²) in [6.07, 6.45) is 8.37. The lowest BCUT2D eigenvalue weighted by molar-refractivity contribution is 0.562. The van der Waals surface area contributed by atoms with Crippen LogP contribution >= 0.6 is 0 Å². The molecular formula is C10H11N3O. The Kier molecular flexibility index (Phi) is 2.44. The van der Waals surface area contributed by atoms with Gasteiger partial charge < -0.3 is 9.73 Å². The van der Waals surface area contributed by atoms with Crippen molar-refractivity contribution in [2.45, 2.75) is 13.0 Å². The minimum absolute atomic E-state index is 0.194. The second kappa shape index (κ2) is 3.91. The molecular weight excluding hydrogens is 178 g/mol. The number of rotatable bonds is 3. The third-order valence-electron chi connectivity index (χ3n) is 1.99. The van der Waals surface area contributed by atoms with Gasteiger partial charge in [-0.1, -0.05) is 0 Å². The van der Waals surface area contributed by atoms with E-state index in [1.807, 2.05) is 6.07 Å². The van der Waals surface area contributed by atoms with Crippen LogP contribution in [0.4, 0.5) is 5.69 Å². The number of aromatic nitrogens is 2. The first-order valence-corrected chi connectivity index (χ1v) is 4.40. The molecule has 2 aromatic heterocycles. The number of nitrogens with zero attached hydrogens (tertiary/aromatic N) is 2. The van der Waals surface area contributed by atoms with E-state index < -0.39 is 0 Å². The fourth-order valence-electron chi connectivity index (χ4n) is 1.23. The highest BCUT2D eigenvalue weighted by atomic mass is 16.3. The lowest BCUT2D eigenvalue weighted by atomic mass is 10.2. The first kappa shape index (κ1) is 8.74. The first-order valence-electron chi connectivity index (χ1n) is 4.40. The van der Waals surface area contributed by atoms with Crippen LogP contribution in [0.15, 0.2) is 41.7 Å². The summed E-state index contributed by atoms with van der Waals surface area (Å²) in [5.74, 6) is 0. The fourth-order valence-corrected chi connectivity index (χ4v) is 1.23. The monoisotopic (exact) mass is 189 g/mol. The van der Waals surface area contributed by atoms with Crippen molar-refractivity contribution in [1.82, 2.24) is 9.97 Å². The lowest BCUT2D eigenvalue weighted by Crippen LogP contribution is -2.05. The van der Waals surface area contributed by atoms with Crippen LogP contribution in [0.5, 0.6) is 0 Å². The zero-order chi connectivity index (χ0) is 9.80. The molecule has 1 N–H and O–H groups in total. The highest BCUT2D eigenvalue weighted by Gasteiger charge is 2.05. The van der Waals surface area contributed by atoms with Crippen LogP contribution in [0.25, 0.3) is 0 Å². The van der Waals surface area contributed by atoms with Gasteiger partial charge in [-0.3, -0.25) is 0 Å². The quantitative estimate of drug-likeness (QED) is 0.804. The molecule has 2 rings (SSSR count). The molecule has 1 unspecified atom stereocenters. The molecule has 2 heterocycles. The third-order valence-corrected chi connectivity index (χ3v) is 1.99. The van der Waals surface area contributed by atoms with E-state index in [4.69, 9.17) is 4.42 Å². The second-order valence-electron chi connectivity index (χ2n) is 3.05. The van der Waals surface area contributed by atoms with Gasteiger partial charge in [0.2, 0.25) is 0 Å². The minimum atomic E-state index is 0.194. The second-order valence-corrected chi connectivity index (χ2v) is 3.05. The SMILES string of the molecule is CC(Nc1cncnc1)c1ccoc1. The molecule has 4 nitrogen and oxygen atoms in total. The largest absolute Gasteiger partial charge is 0.472 e. The Hall–Kier alpha value is -1.84. The average molecular weight is 189 g/mol. The average Bonchev–Trinajstić information content (AvgIpc) is 2.72. The number of furan rings is 1. The van der Waals surface area contributed by atoms with Crippen molar-refractivity contribution >= 4 is 5.69 Å². The summed E-state index contributed by atoms with van der Waals surface area (Å²) in [7, 11) is 0. The van der Waals surface area contributed by atoms with Gasteiger partial charge in [0.25, 0.3) is 0 Å². The number of anilines is 1. The van der Waals surface area contributed by atoms with E-state index in [9.17, 15) is 0 Å². The van der Waals surface area contributed by atoms with Gasteiger partial charge in [-0.25, -0.2) is 9.97 Å². The molecule has 0 amide bonds. The molecule has 0 radical (unpaired) electrons. The minimum Gasteiger partial charge on any atom is -0.472 e. The van der Waals surface area contributed by atoms with Crippen LogP contribution in [-0.4, -0.2) is 9.97 Å². The maximum Gasteiger partial charge on any atom is 0.115 e. The van der Waals surface area contributed by atoms with Gasteiger partial charge in [0, 0.05) is 5.56 Å². The molecule has 0 saturated heterocycles. The van der Waals surface area contributed by atoms with Crippen LogP contribution in [0.2, 0.25) is 0 Å². The van der Waals surface area contributed by atoms with E-state index in [1.165, 1.54) is 6.33 Å². The molecule has 0 aliphatic rings. The molecule has 0 bridgehead atoms. The molecule has 0 aromatic carbocycles. The predicted octanol–water partition coefficient (Wildman–Crippen LogP) is 2.24. The molecule has 14 heavy (non-hydrogen) atoms. The molecule has 2 aromatic rings. The van der Waals surface area contributed by atoms with E-state index >= 15 is 0 Å². The molecule has 0 fully saturated rings. The molecule has 0 saturated carbocycles. The van der Waals surface area contributed by atoms with Crippen molar-refractivity contribution in [1.29, 1.82) is 0 Å². The van der Waals surface area contributed by atoms with Gasteiger partial charge >= 0.3 is 0 Å². The van der Waals surface area contributed by atoms with Gasteiger partial charge in [-0.2, -0.15) is 0 Å². The van der Waals surface area contributed by atoms with Crippen LogP contribution in [0.1, 0.15) is 18.5 Å². The first-order chi connectivity index (χ1) is 6.86. The van der Waals surface area contributed by atoms with Gasteiger partial charge in [-0.05, 0) is 13.0 Å². The Morgan fingerprint density at radius 1 is 1.36 bits per heavy atom. The predicted molar refractivity (Wildman–Crippen MR) is 52.8 cm³/mol. The van der Waals surface area contributed by atoms with Crippen molar-refractivity contribution in [3.05, 3.63) is 42.9 Å². The normalized spacial score (nSPS) is 12.4. The van der Waals surface area contributed by atoms with E-state index in [-0.39, 0.29) is 6.04 Å². The standard InChI is InChI=1S/C10H11N3O/c1-8(9-2-3-14-6-9)13-10-4-11-7-12-5-10/h2-8,13H,1H3. The van der Waals surface area contributed by atoms with Crippen LogP contribution < -0.4 is 5.32 Å². The molecule has 72 valence electrons. The smallest absolute Gasteiger partial charge is 0.115 e. The highest BCUT2D eigenvalue weighted by Crippen LogP contribution is 2.17. The third kappa shape index (κ3) is 1.90. The lowest BCUT2D eigenvalue weighted by Gasteiger charge is -2.11. The van der Waals surface area contributed by atoms with Crippen molar-refractivity contribution in [2.75, 3.05) is 5.32 Å². The number of hydrogen-bond donors (Lipinski definition) is 1. The van der Waals surface area contributed by atoms with Gasteiger partial charge in [0.05, 0.1) is 36.6 Å². The summed E-state index contributed by atoms with van der Waals surface area (Å²) in [6.45, 7) is 2.05. The zero-order valence-electron chi connectivity index (χ0n) is 7.84. The Balaban J connectivity index is 2.06. The van der Waals surface area contributed by atoms with Gasteiger partial charge in [0.1, 0.15) is 6.33 Å². The van der Waals surface area contributed by atoms with Crippen molar-refractivity contribution in [2.24, 2.45) is 0 Å². The highest BCUT2D eigenvalue weighted by molar-refractivity contribution is 5.40. The van der Waals surface area contributed by atoms with Crippen molar-refractivity contribution in [3.8, 4) is 0 Å². The summed E-state index contributed by atoms with van der Waals surface area (Å²) < 4.78 is 5.00. The Morgan fingerprint density at radius 2 is 2.14 bits per heavy atom. The molecule has 4 heteroatoms.